The fourth-order valence-corrected chi connectivity index (χ4v) is 6.31. The van der Waals surface area contributed by atoms with Crippen molar-refractivity contribution in [2.24, 2.45) is 22.7 Å². The summed E-state index contributed by atoms with van der Waals surface area (Å²) in [6, 6.07) is 0. The van der Waals surface area contributed by atoms with Gasteiger partial charge < -0.3 is 29.9 Å². The Kier molecular flexibility index (Phi) is 7.86. The van der Waals surface area contributed by atoms with E-state index >= 15 is 0 Å². The van der Waals surface area contributed by atoms with E-state index in [0.29, 0.717) is 52.1 Å². The molecule has 2 amide bonds. The number of carbonyl (C=O) groups is 2. The molecule has 0 aromatic rings. The number of aliphatic hydroxyl groups excluding tert-OH is 2. The molecule has 0 aromatic carbocycles. The maximum absolute atomic E-state index is 13.0. The normalized spacial score (nSPS) is 38.3. The molecule has 6 atom stereocenters. The predicted molar refractivity (Wildman–Crippen MR) is 115 cm³/mol. The SMILES string of the molecule is CCCNC(=O)O[C@@H]1CC[C@]2(C)[C@@H](CC[C@@H](O)[C@H]2CC(=O)N2CCOCC2)[C@]1(C)CO. The molecule has 0 aromatic heterocycles. The van der Waals surface area contributed by atoms with Crippen molar-refractivity contribution >= 4 is 12.0 Å². The van der Waals surface area contributed by atoms with Crippen molar-refractivity contribution in [3.8, 4) is 0 Å². The lowest BCUT2D eigenvalue weighted by Gasteiger charge is -2.60. The average Bonchev–Trinajstić information content (AvgIpc) is 2.77. The van der Waals surface area contributed by atoms with Crippen LogP contribution < -0.4 is 5.32 Å². The van der Waals surface area contributed by atoms with E-state index in [0.717, 1.165) is 19.3 Å². The smallest absolute Gasteiger partial charge is 0.407 e. The minimum atomic E-state index is -0.614. The number of ether oxygens (including phenoxy) is 2. The van der Waals surface area contributed by atoms with Gasteiger partial charge in [0.2, 0.25) is 5.91 Å². The second-order valence-electron chi connectivity index (χ2n) is 10.0. The van der Waals surface area contributed by atoms with Gasteiger partial charge >= 0.3 is 6.09 Å². The predicted octanol–water partition coefficient (Wildman–Crippen LogP) is 1.93. The molecule has 2 aliphatic carbocycles. The molecule has 3 fully saturated rings. The topological polar surface area (TPSA) is 108 Å². The standard InChI is InChI=1S/C23H40N2O6/c1-4-9-24-21(29)31-19-7-8-22(2)16(14-20(28)25-10-12-30-13-11-25)17(27)5-6-18(22)23(19,3)15-26/h16-19,26-27H,4-15H2,1-3H3,(H,24,29)/t16-,17-,18-,19-,22+,23+/m1/s1. The summed E-state index contributed by atoms with van der Waals surface area (Å²) in [5.74, 6) is -0.0619. The minimum Gasteiger partial charge on any atom is -0.446 e. The van der Waals surface area contributed by atoms with Crippen molar-refractivity contribution in [2.45, 2.75) is 71.5 Å². The van der Waals surface area contributed by atoms with Crippen LogP contribution in [0.2, 0.25) is 0 Å². The van der Waals surface area contributed by atoms with Crippen molar-refractivity contribution in [1.82, 2.24) is 10.2 Å². The number of amides is 2. The van der Waals surface area contributed by atoms with Crippen molar-refractivity contribution in [3.63, 3.8) is 0 Å². The summed E-state index contributed by atoms with van der Waals surface area (Å²) in [4.78, 5) is 27.1. The molecule has 8 nitrogen and oxygen atoms in total. The van der Waals surface area contributed by atoms with Gasteiger partial charge in [0.1, 0.15) is 6.10 Å². The van der Waals surface area contributed by atoms with E-state index in [9.17, 15) is 19.8 Å². The molecule has 0 unspecified atom stereocenters. The number of alkyl carbamates (subject to hydrolysis) is 1. The molecular formula is C23H40N2O6. The minimum absolute atomic E-state index is 0.0496. The number of nitrogens with zero attached hydrogens (tertiary/aromatic N) is 1. The fraction of sp³-hybridized carbons (Fsp3) is 0.913. The highest BCUT2D eigenvalue weighted by atomic mass is 16.6. The third-order valence-electron chi connectivity index (χ3n) is 8.20. The van der Waals surface area contributed by atoms with E-state index < -0.39 is 23.7 Å². The van der Waals surface area contributed by atoms with Gasteiger partial charge in [0.25, 0.3) is 0 Å². The molecule has 0 spiro atoms. The van der Waals surface area contributed by atoms with Gasteiger partial charge in [0.15, 0.2) is 0 Å². The van der Waals surface area contributed by atoms with Gasteiger partial charge in [-0.2, -0.15) is 0 Å². The van der Waals surface area contributed by atoms with Crippen LogP contribution in [0.15, 0.2) is 0 Å². The van der Waals surface area contributed by atoms with Crippen LogP contribution in [-0.4, -0.2) is 78.8 Å². The van der Waals surface area contributed by atoms with Crippen LogP contribution in [-0.2, 0) is 14.3 Å². The lowest BCUT2D eigenvalue weighted by atomic mass is 9.46. The molecule has 8 heteroatoms. The first-order chi connectivity index (χ1) is 14.8. The number of hydrogen-bond acceptors (Lipinski definition) is 6. The van der Waals surface area contributed by atoms with Crippen molar-refractivity contribution in [2.75, 3.05) is 39.5 Å². The Morgan fingerprint density at radius 3 is 2.55 bits per heavy atom. The Labute approximate surface area is 185 Å². The van der Waals surface area contributed by atoms with Crippen LogP contribution in [0.1, 0.15) is 59.3 Å². The number of morpholine rings is 1. The highest BCUT2D eigenvalue weighted by molar-refractivity contribution is 5.76. The number of nitrogens with one attached hydrogen (secondary N) is 1. The van der Waals surface area contributed by atoms with Crippen LogP contribution >= 0.6 is 0 Å². The fourth-order valence-electron chi connectivity index (χ4n) is 6.31. The number of rotatable bonds is 6. The first-order valence-corrected chi connectivity index (χ1v) is 11.8. The third kappa shape index (κ3) is 4.86. The second-order valence-corrected chi connectivity index (χ2v) is 10.0. The Morgan fingerprint density at radius 1 is 1.19 bits per heavy atom. The maximum Gasteiger partial charge on any atom is 0.407 e. The maximum atomic E-state index is 13.0. The van der Waals surface area contributed by atoms with E-state index in [4.69, 9.17) is 9.47 Å². The summed E-state index contributed by atoms with van der Waals surface area (Å²) in [5.41, 5.74) is -0.923. The lowest BCUT2D eigenvalue weighted by molar-refractivity contribution is -0.187. The molecule has 1 saturated heterocycles. The largest absolute Gasteiger partial charge is 0.446 e. The van der Waals surface area contributed by atoms with Gasteiger partial charge in [-0.1, -0.05) is 20.8 Å². The molecule has 1 aliphatic heterocycles. The van der Waals surface area contributed by atoms with Crippen LogP contribution in [0.25, 0.3) is 0 Å². The van der Waals surface area contributed by atoms with Crippen molar-refractivity contribution < 1.29 is 29.3 Å². The highest BCUT2D eigenvalue weighted by Crippen LogP contribution is 2.61. The Hall–Kier alpha value is -1.38. The number of aliphatic hydroxyl groups is 2. The van der Waals surface area contributed by atoms with Gasteiger partial charge in [-0.05, 0) is 49.4 Å². The molecule has 178 valence electrons. The zero-order valence-corrected chi connectivity index (χ0v) is 19.3. The van der Waals surface area contributed by atoms with Gasteiger partial charge in [0, 0.05) is 31.5 Å². The van der Waals surface area contributed by atoms with Crippen LogP contribution in [0.4, 0.5) is 4.79 Å². The van der Waals surface area contributed by atoms with Gasteiger partial charge in [-0.25, -0.2) is 4.79 Å². The van der Waals surface area contributed by atoms with E-state index in [1.54, 1.807) is 0 Å². The Balaban J connectivity index is 1.77. The van der Waals surface area contributed by atoms with Crippen LogP contribution in [0, 0.1) is 22.7 Å². The molecule has 2 saturated carbocycles. The molecule has 1 heterocycles. The van der Waals surface area contributed by atoms with E-state index in [1.807, 2.05) is 18.7 Å². The monoisotopic (exact) mass is 440 g/mol. The van der Waals surface area contributed by atoms with E-state index in [1.165, 1.54) is 0 Å². The summed E-state index contributed by atoms with van der Waals surface area (Å²) in [6.45, 7) is 8.89. The van der Waals surface area contributed by atoms with Crippen LogP contribution in [0.5, 0.6) is 0 Å². The molecule has 0 bridgehead atoms. The molecule has 31 heavy (non-hydrogen) atoms. The third-order valence-corrected chi connectivity index (χ3v) is 8.20. The summed E-state index contributed by atoms with van der Waals surface area (Å²) >= 11 is 0. The van der Waals surface area contributed by atoms with Crippen LogP contribution in [0.3, 0.4) is 0 Å². The molecule has 3 aliphatic rings. The molecule has 3 rings (SSSR count). The average molecular weight is 441 g/mol. The number of fused-ring (bicyclic) bond motifs is 1. The van der Waals surface area contributed by atoms with Gasteiger partial charge in [-0.15, -0.1) is 0 Å². The van der Waals surface area contributed by atoms with E-state index in [2.05, 4.69) is 12.2 Å². The van der Waals surface area contributed by atoms with E-state index in [-0.39, 0.29) is 29.8 Å². The first-order valence-electron chi connectivity index (χ1n) is 11.8. The highest BCUT2D eigenvalue weighted by Gasteiger charge is 2.60. The van der Waals surface area contributed by atoms with Crippen molar-refractivity contribution in [1.29, 1.82) is 0 Å². The van der Waals surface area contributed by atoms with Gasteiger partial charge in [-0.3, -0.25) is 4.79 Å². The summed E-state index contributed by atoms with van der Waals surface area (Å²) in [5, 5.41) is 24.1. The summed E-state index contributed by atoms with van der Waals surface area (Å²) in [6.07, 6.45) is 2.45. The first kappa shape index (κ1) is 24.3. The Bertz CT molecular complexity index is 640. The molecule has 3 N–H and O–H groups in total. The zero-order valence-electron chi connectivity index (χ0n) is 19.3. The molecular weight excluding hydrogens is 400 g/mol. The zero-order chi connectivity index (χ0) is 22.6. The van der Waals surface area contributed by atoms with Gasteiger partial charge in [0.05, 0.1) is 25.9 Å². The number of carbonyl (C=O) groups excluding carboxylic acids is 2. The lowest BCUT2D eigenvalue weighted by Crippen LogP contribution is -2.61. The quantitative estimate of drug-likeness (QED) is 0.582. The summed E-state index contributed by atoms with van der Waals surface area (Å²) < 4.78 is 11.1. The van der Waals surface area contributed by atoms with Crippen molar-refractivity contribution in [3.05, 3.63) is 0 Å². The second kappa shape index (κ2) is 10.0. The summed E-state index contributed by atoms with van der Waals surface area (Å²) in [7, 11) is 0. The number of hydrogen-bond donors (Lipinski definition) is 3. The molecule has 0 radical (unpaired) electrons. The Morgan fingerprint density at radius 2 is 1.90 bits per heavy atom.